The van der Waals surface area contributed by atoms with E-state index in [0.29, 0.717) is 45.4 Å². The zero-order valence-electron chi connectivity index (χ0n) is 31.7. The number of fused-ring (bicyclic) bond motifs is 11. The van der Waals surface area contributed by atoms with Crippen molar-refractivity contribution in [3.05, 3.63) is 215 Å². The first-order chi connectivity index (χ1) is 29.6. The molecule has 0 radical (unpaired) electrons. The smallest absolute Gasteiger partial charge is 0.227 e. The van der Waals surface area contributed by atoms with Gasteiger partial charge in [-0.1, -0.05) is 109 Å². The topological polar surface area (TPSA) is 70.0 Å². The number of hydrogen-bond donors (Lipinski definition) is 0. The van der Waals surface area contributed by atoms with Gasteiger partial charge in [0.2, 0.25) is 11.8 Å². The van der Waals surface area contributed by atoms with Gasteiger partial charge in [0.05, 0.1) is 29.6 Å². The van der Waals surface area contributed by atoms with E-state index in [1.165, 1.54) is 22.3 Å². The Hall–Kier alpha value is -8.52. The number of benzene rings is 8. The van der Waals surface area contributed by atoms with Crippen molar-refractivity contribution in [2.45, 2.75) is 5.41 Å². The van der Waals surface area contributed by atoms with E-state index < -0.39 is 5.41 Å². The van der Waals surface area contributed by atoms with Gasteiger partial charge in [-0.05, 0) is 105 Å². The van der Waals surface area contributed by atoms with Gasteiger partial charge in [-0.3, -0.25) is 0 Å². The zero-order chi connectivity index (χ0) is 40.0. The molecule has 10 aromatic rings. The minimum absolute atomic E-state index is 0.421. The molecule has 1 aliphatic carbocycles. The number of aromatic nitrogens is 2. The van der Waals surface area contributed by atoms with Crippen LogP contribution in [0.3, 0.4) is 0 Å². The Kier molecular flexibility index (Phi) is 7.14. The molecule has 12 rings (SSSR count). The molecule has 278 valence electrons. The minimum Gasteiger partial charge on any atom is -0.457 e. The first-order valence-corrected chi connectivity index (χ1v) is 19.5. The highest BCUT2D eigenvalue weighted by molar-refractivity contribution is 5.91. The largest absolute Gasteiger partial charge is 0.457 e. The van der Waals surface area contributed by atoms with E-state index in [2.05, 4.69) is 113 Å². The average molecular weight is 769 g/mol. The van der Waals surface area contributed by atoms with Crippen molar-refractivity contribution in [3.63, 3.8) is 0 Å². The van der Waals surface area contributed by atoms with Crippen molar-refractivity contribution in [3.8, 4) is 67.8 Å². The molecule has 0 amide bonds. The van der Waals surface area contributed by atoms with Gasteiger partial charge in [-0.2, -0.15) is 0 Å². The maximum Gasteiger partial charge on any atom is 0.227 e. The second kappa shape index (κ2) is 12.7. The van der Waals surface area contributed by atoms with Gasteiger partial charge in [-0.15, -0.1) is 0 Å². The van der Waals surface area contributed by atoms with Crippen LogP contribution in [0, 0.1) is 13.1 Å². The van der Waals surface area contributed by atoms with Crippen LogP contribution < -0.4 is 4.74 Å². The summed E-state index contributed by atoms with van der Waals surface area (Å²) in [5, 5.41) is 0. The summed E-state index contributed by atoms with van der Waals surface area (Å²) in [5.41, 5.74) is 15.7. The predicted octanol–water partition coefficient (Wildman–Crippen LogP) is 14.2. The lowest BCUT2D eigenvalue weighted by Gasteiger charge is -2.39. The Morgan fingerprint density at radius 1 is 0.400 bits per heavy atom. The number of ether oxygens (including phenoxy) is 1. The van der Waals surface area contributed by atoms with E-state index in [1.807, 2.05) is 30.3 Å². The molecule has 8 aromatic carbocycles. The summed E-state index contributed by atoms with van der Waals surface area (Å²) < 4.78 is 19.0. The van der Waals surface area contributed by atoms with Crippen molar-refractivity contribution in [2.24, 2.45) is 0 Å². The quantitative estimate of drug-likeness (QED) is 0.167. The summed E-state index contributed by atoms with van der Waals surface area (Å²) in [7, 11) is 0. The number of oxazole rings is 2. The summed E-state index contributed by atoms with van der Waals surface area (Å²) in [6.07, 6.45) is 0. The van der Waals surface area contributed by atoms with Crippen LogP contribution in [0.2, 0.25) is 0 Å². The van der Waals surface area contributed by atoms with Crippen molar-refractivity contribution in [1.29, 1.82) is 0 Å². The third kappa shape index (κ3) is 4.94. The van der Waals surface area contributed by atoms with E-state index >= 15 is 0 Å². The van der Waals surface area contributed by atoms with Crippen molar-refractivity contribution in [1.82, 2.24) is 9.97 Å². The maximum absolute atomic E-state index is 7.46. The van der Waals surface area contributed by atoms with Crippen LogP contribution in [0.1, 0.15) is 22.3 Å². The number of rotatable bonds is 4. The summed E-state index contributed by atoms with van der Waals surface area (Å²) in [6, 6.07) is 57.6. The second-order valence-electron chi connectivity index (χ2n) is 15.1. The van der Waals surface area contributed by atoms with Crippen LogP contribution in [-0.2, 0) is 5.41 Å². The Morgan fingerprint density at radius 3 is 1.47 bits per heavy atom. The molecule has 0 atom stereocenters. The lowest BCUT2D eigenvalue weighted by atomic mass is 9.66. The minimum atomic E-state index is -0.510. The van der Waals surface area contributed by atoms with Crippen LogP contribution in [0.25, 0.3) is 88.2 Å². The summed E-state index contributed by atoms with van der Waals surface area (Å²) in [5.74, 6) is 2.59. The van der Waals surface area contributed by atoms with E-state index in [4.69, 9.17) is 36.7 Å². The lowest BCUT2D eigenvalue weighted by molar-refractivity contribution is 0.436. The predicted molar refractivity (Wildman–Crippen MR) is 233 cm³/mol. The Morgan fingerprint density at radius 2 is 0.883 bits per heavy atom. The third-order valence-corrected chi connectivity index (χ3v) is 11.8. The van der Waals surface area contributed by atoms with Gasteiger partial charge >= 0.3 is 0 Å². The SMILES string of the molecule is [C-]#[N+]c1ccc2oc(-c3cc(-c4ccc(-c5ccc6c(c5)-c5ccccc5C65c6ccccc6Oc6ccccc65)cc4)cc(-c4nc5cc([N+]#[C-])ccc5o4)c3)nc2c1. The highest BCUT2D eigenvalue weighted by atomic mass is 16.5. The van der Waals surface area contributed by atoms with Crippen molar-refractivity contribution >= 4 is 33.6 Å². The first kappa shape index (κ1) is 33.6. The summed E-state index contributed by atoms with van der Waals surface area (Å²) in [6.45, 7) is 14.9. The van der Waals surface area contributed by atoms with E-state index in [1.54, 1.807) is 36.4 Å². The zero-order valence-corrected chi connectivity index (χ0v) is 31.7. The van der Waals surface area contributed by atoms with E-state index in [0.717, 1.165) is 56.0 Å². The molecule has 3 heterocycles. The molecule has 1 aliphatic heterocycles. The van der Waals surface area contributed by atoms with Gasteiger partial charge in [0.15, 0.2) is 22.5 Å². The van der Waals surface area contributed by atoms with E-state index in [9.17, 15) is 0 Å². The fourth-order valence-electron chi connectivity index (χ4n) is 9.15. The summed E-state index contributed by atoms with van der Waals surface area (Å²) in [4.78, 5) is 16.7. The molecule has 2 aromatic heterocycles. The average Bonchev–Trinajstić information content (AvgIpc) is 4.02. The number of para-hydroxylation sites is 2. The van der Waals surface area contributed by atoms with Gasteiger partial charge < -0.3 is 13.6 Å². The molecule has 2 aliphatic rings. The van der Waals surface area contributed by atoms with Crippen LogP contribution in [0.4, 0.5) is 11.4 Å². The van der Waals surface area contributed by atoms with Gasteiger partial charge in [0.25, 0.3) is 0 Å². The van der Waals surface area contributed by atoms with Gasteiger partial charge in [-0.25, -0.2) is 19.7 Å². The molecule has 7 heteroatoms. The molecule has 0 saturated carbocycles. The van der Waals surface area contributed by atoms with Crippen LogP contribution in [0.5, 0.6) is 11.5 Å². The van der Waals surface area contributed by atoms with Crippen molar-refractivity contribution < 1.29 is 13.6 Å². The molecule has 60 heavy (non-hydrogen) atoms. The van der Waals surface area contributed by atoms with Gasteiger partial charge in [0, 0.05) is 22.3 Å². The molecule has 0 N–H and O–H groups in total. The molecule has 0 saturated heterocycles. The Labute approximate surface area is 344 Å². The molecule has 7 nitrogen and oxygen atoms in total. The van der Waals surface area contributed by atoms with Crippen molar-refractivity contribution in [2.75, 3.05) is 0 Å². The molecule has 0 bridgehead atoms. The first-order valence-electron chi connectivity index (χ1n) is 19.5. The fourth-order valence-corrected chi connectivity index (χ4v) is 9.15. The third-order valence-electron chi connectivity index (χ3n) is 11.8. The van der Waals surface area contributed by atoms with Crippen LogP contribution >= 0.6 is 0 Å². The molecule has 1 spiro atoms. The molecule has 0 fully saturated rings. The number of hydrogen-bond acceptors (Lipinski definition) is 5. The highest BCUT2D eigenvalue weighted by Gasteiger charge is 2.50. The molecule has 0 unspecified atom stereocenters. The summed E-state index contributed by atoms with van der Waals surface area (Å²) >= 11 is 0. The Balaban J connectivity index is 0.970. The fraction of sp³-hybridized carbons (Fsp3) is 0.0189. The monoisotopic (exact) mass is 768 g/mol. The van der Waals surface area contributed by atoms with Gasteiger partial charge in [0.1, 0.15) is 11.5 Å². The molecular weight excluding hydrogens is 741 g/mol. The van der Waals surface area contributed by atoms with Crippen LogP contribution in [-0.4, -0.2) is 9.97 Å². The lowest BCUT2D eigenvalue weighted by Crippen LogP contribution is -2.32. The second-order valence-corrected chi connectivity index (χ2v) is 15.1. The highest BCUT2D eigenvalue weighted by Crippen LogP contribution is 2.62. The molecular formula is C53H28N4O3. The maximum atomic E-state index is 7.46. The van der Waals surface area contributed by atoms with E-state index in [-0.39, 0.29) is 0 Å². The van der Waals surface area contributed by atoms with Crippen LogP contribution in [0.15, 0.2) is 179 Å². The normalized spacial score (nSPS) is 12.9. The Bertz CT molecular complexity index is 3350. The standard InChI is InChI=1S/C53H28N4O3/c1-54-37-20-23-49-45(29-37)56-51(59-49)35-25-34(26-36(27-35)52-57-46-30-38(55-2)21-24-50(46)60-52)32-17-15-31(16-18-32)33-19-22-42-40(28-33)39-9-3-4-10-41(39)53(42)43-11-5-7-13-47(43)58-48-14-8-6-12-44(48)53/h3-30H. The number of nitrogens with zero attached hydrogens (tertiary/aromatic N) is 4.